The van der Waals surface area contributed by atoms with E-state index in [9.17, 15) is 0 Å². The molecule has 1 aliphatic rings. The molecule has 6 heteroatoms. The normalized spacial score (nSPS) is 15.5. The van der Waals surface area contributed by atoms with E-state index in [4.69, 9.17) is 0 Å². The summed E-state index contributed by atoms with van der Waals surface area (Å²) < 4.78 is 0. The summed E-state index contributed by atoms with van der Waals surface area (Å²) in [5.41, 5.74) is 0. The fraction of sp³-hybridized carbons (Fsp3) is 0.312. The second kappa shape index (κ2) is 5.53. The van der Waals surface area contributed by atoms with Crippen LogP contribution in [0.4, 0.5) is 11.6 Å². The first kappa shape index (κ1) is 13.5. The summed E-state index contributed by atoms with van der Waals surface area (Å²) in [5.74, 6) is 2.12. The lowest BCUT2D eigenvalue weighted by Crippen LogP contribution is -2.47. The van der Waals surface area contributed by atoms with Crippen molar-refractivity contribution in [2.45, 2.75) is 6.92 Å². The molecule has 0 aromatic carbocycles. The van der Waals surface area contributed by atoms with Crippen LogP contribution in [0.5, 0.6) is 0 Å². The van der Waals surface area contributed by atoms with Crippen molar-refractivity contribution in [1.29, 1.82) is 0 Å². The lowest BCUT2D eigenvalue weighted by Gasteiger charge is -2.36. The Hall–Kier alpha value is -2.21. The van der Waals surface area contributed by atoms with Gasteiger partial charge in [-0.2, -0.15) is 0 Å². The van der Waals surface area contributed by atoms with Crippen molar-refractivity contribution < 1.29 is 0 Å². The molecule has 0 atom stereocenters. The van der Waals surface area contributed by atoms with E-state index in [1.807, 2.05) is 18.3 Å². The fourth-order valence-corrected chi connectivity index (χ4v) is 3.75. The molecule has 22 heavy (non-hydrogen) atoms. The number of anilines is 2. The standard InChI is InChI=1S/C16H17N5S/c1-12-10-13-15(18-11-19-16(13)22-12)21-8-6-20(7-9-21)14-4-2-3-5-17-14/h2-5,10-11H,6-9H2,1H3. The van der Waals surface area contributed by atoms with Crippen LogP contribution >= 0.6 is 11.3 Å². The Labute approximate surface area is 133 Å². The molecule has 1 saturated heterocycles. The van der Waals surface area contributed by atoms with Crippen molar-refractivity contribution in [2.75, 3.05) is 36.0 Å². The summed E-state index contributed by atoms with van der Waals surface area (Å²) in [5, 5.41) is 1.18. The van der Waals surface area contributed by atoms with Crippen LogP contribution < -0.4 is 9.80 Å². The highest BCUT2D eigenvalue weighted by Crippen LogP contribution is 2.30. The number of piperazine rings is 1. The topological polar surface area (TPSA) is 45.2 Å². The molecule has 0 radical (unpaired) electrons. The second-order valence-corrected chi connectivity index (χ2v) is 6.67. The molecule has 0 aliphatic carbocycles. The van der Waals surface area contributed by atoms with Crippen LogP contribution in [0.15, 0.2) is 36.8 Å². The van der Waals surface area contributed by atoms with Gasteiger partial charge in [-0.15, -0.1) is 11.3 Å². The van der Waals surface area contributed by atoms with Gasteiger partial charge in [-0.05, 0) is 25.1 Å². The second-order valence-electron chi connectivity index (χ2n) is 5.44. The number of nitrogens with zero attached hydrogens (tertiary/aromatic N) is 5. The molecule has 3 aromatic heterocycles. The summed E-state index contributed by atoms with van der Waals surface area (Å²) in [6.45, 7) is 5.96. The predicted octanol–water partition coefficient (Wildman–Crippen LogP) is 2.72. The van der Waals surface area contributed by atoms with E-state index in [0.29, 0.717) is 0 Å². The van der Waals surface area contributed by atoms with E-state index in [-0.39, 0.29) is 0 Å². The van der Waals surface area contributed by atoms with Crippen LogP contribution in [0.1, 0.15) is 4.88 Å². The number of pyridine rings is 1. The lowest BCUT2D eigenvalue weighted by atomic mass is 10.2. The summed E-state index contributed by atoms with van der Waals surface area (Å²) in [7, 11) is 0. The highest BCUT2D eigenvalue weighted by molar-refractivity contribution is 7.18. The molecular formula is C16H17N5S. The smallest absolute Gasteiger partial charge is 0.140 e. The fourth-order valence-electron chi connectivity index (χ4n) is 2.90. The van der Waals surface area contributed by atoms with Gasteiger partial charge in [-0.3, -0.25) is 0 Å². The largest absolute Gasteiger partial charge is 0.353 e. The molecule has 0 saturated carbocycles. The summed E-state index contributed by atoms with van der Waals surface area (Å²) in [6, 6.07) is 8.26. The molecule has 4 rings (SSSR count). The monoisotopic (exact) mass is 311 g/mol. The van der Waals surface area contributed by atoms with Gasteiger partial charge in [0.25, 0.3) is 0 Å². The van der Waals surface area contributed by atoms with Crippen molar-refractivity contribution in [3.05, 3.63) is 41.7 Å². The van der Waals surface area contributed by atoms with E-state index in [1.54, 1.807) is 17.7 Å². The minimum atomic E-state index is 0.956. The minimum Gasteiger partial charge on any atom is -0.353 e. The summed E-state index contributed by atoms with van der Waals surface area (Å²) >= 11 is 1.73. The van der Waals surface area contributed by atoms with Crippen LogP contribution in [0, 0.1) is 6.92 Å². The Balaban J connectivity index is 1.56. The number of hydrogen-bond acceptors (Lipinski definition) is 6. The maximum atomic E-state index is 4.53. The quantitative estimate of drug-likeness (QED) is 0.728. The van der Waals surface area contributed by atoms with E-state index >= 15 is 0 Å². The van der Waals surface area contributed by atoms with Crippen LogP contribution in [-0.2, 0) is 0 Å². The molecule has 3 aromatic rings. The van der Waals surface area contributed by atoms with E-state index in [0.717, 1.165) is 42.6 Å². The zero-order valence-electron chi connectivity index (χ0n) is 12.4. The highest BCUT2D eigenvalue weighted by atomic mass is 32.1. The van der Waals surface area contributed by atoms with Gasteiger partial charge in [0.15, 0.2) is 0 Å². The zero-order valence-corrected chi connectivity index (χ0v) is 13.3. The Bertz CT molecular complexity index is 778. The molecular weight excluding hydrogens is 294 g/mol. The molecule has 1 aliphatic heterocycles. The molecule has 0 N–H and O–H groups in total. The minimum absolute atomic E-state index is 0.956. The van der Waals surface area contributed by atoms with Crippen molar-refractivity contribution in [1.82, 2.24) is 15.0 Å². The Morgan fingerprint density at radius 2 is 1.82 bits per heavy atom. The number of aryl methyl sites for hydroxylation is 1. The van der Waals surface area contributed by atoms with Gasteiger partial charge in [0, 0.05) is 37.3 Å². The maximum absolute atomic E-state index is 4.53. The first-order valence-corrected chi connectivity index (χ1v) is 8.25. The number of aromatic nitrogens is 3. The first-order chi connectivity index (χ1) is 10.8. The average Bonchev–Trinajstić information content (AvgIpc) is 2.96. The first-order valence-electron chi connectivity index (χ1n) is 7.43. The Morgan fingerprint density at radius 3 is 2.59 bits per heavy atom. The van der Waals surface area contributed by atoms with Gasteiger partial charge in [-0.25, -0.2) is 15.0 Å². The molecule has 4 heterocycles. The van der Waals surface area contributed by atoms with Crippen LogP contribution in [0.3, 0.4) is 0 Å². The number of hydrogen-bond donors (Lipinski definition) is 0. The van der Waals surface area contributed by atoms with Gasteiger partial charge < -0.3 is 9.80 Å². The Kier molecular flexibility index (Phi) is 3.38. The van der Waals surface area contributed by atoms with E-state index in [1.165, 1.54) is 10.3 Å². The third-order valence-electron chi connectivity index (χ3n) is 3.98. The van der Waals surface area contributed by atoms with Gasteiger partial charge in [0.1, 0.15) is 22.8 Å². The van der Waals surface area contributed by atoms with Gasteiger partial charge in [0.05, 0.1) is 5.39 Å². The molecule has 0 bridgehead atoms. The Morgan fingerprint density at radius 1 is 1.00 bits per heavy atom. The average molecular weight is 311 g/mol. The molecule has 5 nitrogen and oxygen atoms in total. The molecule has 0 unspecified atom stereocenters. The van der Waals surface area contributed by atoms with Crippen molar-refractivity contribution in [3.63, 3.8) is 0 Å². The SMILES string of the molecule is Cc1cc2c(N3CCN(c4ccccn4)CC3)ncnc2s1. The number of rotatable bonds is 2. The maximum Gasteiger partial charge on any atom is 0.140 e. The molecule has 112 valence electrons. The molecule has 1 fully saturated rings. The number of fused-ring (bicyclic) bond motifs is 1. The predicted molar refractivity (Wildman–Crippen MR) is 90.8 cm³/mol. The summed E-state index contributed by atoms with van der Waals surface area (Å²) in [6.07, 6.45) is 3.53. The van der Waals surface area contributed by atoms with E-state index < -0.39 is 0 Å². The van der Waals surface area contributed by atoms with Crippen molar-refractivity contribution in [2.24, 2.45) is 0 Å². The van der Waals surface area contributed by atoms with E-state index in [2.05, 4.69) is 43.8 Å². The third kappa shape index (κ3) is 2.39. The number of thiophene rings is 1. The van der Waals surface area contributed by atoms with Gasteiger partial charge in [0.2, 0.25) is 0 Å². The third-order valence-corrected chi connectivity index (χ3v) is 4.94. The van der Waals surface area contributed by atoms with Crippen LogP contribution in [-0.4, -0.2) is 41.1 Å². The summed E-state index contributed by atoms with van der Waals surface area (Å²) in [4.78, 5) is 20.4. The molecule has 0 amide bonds. The molecule has 0 spiro atoms. The van der Waals surface area contributed by atoms with Crippen LogP contribution in [0.2, 0.25) is 0 Å². The van der Waals surface area contributed by atoms with Gasteiger partial charge in [-0.1, -0.05) is 6.07 Å². The van der Waals surface area contributed by atoms with Gasteiger partial charge >= 0.3 is 0 Å². The van der Waals surface area contributed by atoms with Crippen LogP contribution in [0.25, 0.3) is 10.2 Å². The van der Waals surface area contributed by atoms with Crippen molar-refractivity contribution in [3.8, 4) is 0 Å². The lowest BCUT2D eigenvalue weighted by molar-refractivity contribution is 0.643. The highest BCUT2D eigenvalue weighted by Gasteiger charge is 2.21. The van der Waals surface area contributed by atoms with Crippen molar-refractivity contribution >= 4 is 33.2 Å². The zero-order chi connectivity index (χ0) is 14.9.